The molecule has 38 heavy (non-hydrogen) atoms. The highest BCUT2D eigenvalue weighted by Gasteiger charge is 2.67. The van der Waals surface area contributed by atoms with E-state index in [1.807, 2.05) is 73.7 Å². The van der Waals surface area contributed by atoms with Crippen LogP contribution in [0.4, 0.5) is 11.4 Å². The number of anilines is 2. The summed E-state index contributed by atoms with van der Waals surface area (Å²) < 4.78 is 38.0. The topological polar surface area (TPSA) is 79.6 Å². The van der Waals surface area contributed by atoms with Crippen molar-refractivity contribution in [3.63, 3.8) is 0 Å². The molecule has 6 nitrogen and oxygen atoms in total. The molecule has 0 radical (unpaired) electrons. The number of furan rings is 1. The molecule has 188 valence electrons. The molecule has 2 aliphatic rings. The van der Waals surface area contributed by atoms with Crippen molar-refractivity contribution in [1.29, 1.82) is 0 Å². The van der Waals surface area contributed by atoms with Gasteiger partial charge in [-0.15, -0.1) is 0 Å². The highest BCUT2D eigenvalue weighted by molar-refractivity contribution is 9.10. The van der Waals surface area contributed by atoms with Crippen LogP contribution in [0.5, 0.6) is 0 Å². The summed E-state index contributed by atoms with van der Waals surface area (Å²) in [7, 11) is -4.25. The number of halogens is 1. The number of fused-ring (bicyclic) bond motifs is 5. The molecule has 2 aliphatic heterocycles. The van der Waals surface area contributed by atoms with Crippen molar-refractivity contribution >= 4 is 54.2 Å². The Kier molecular flexibility index (Phi) is 4.93. The summed E-state index contributed by atoms with van der Waals surface area (Å²) in [6.07, 6.45) is 0. The van der Waals surface area contributed by atoms with Crippen molar-refractivity contribution in [3.8, 4) is 0 Å². The van der Waals surface area contributed by atoms with Crippen molar-refractivity contribution in [3.05, 3.63) is 124 Å². The Morgan fingerprint density at radius 2 is 1.66 bits per heavy atom. The van der Waals surface area contributed by atoms with Crippen LogP contribution in [0.15, 0.2) is 111 Å². The summed E-state index contributed by atoms with van der Waals surface area (Å²) in [4.78, 5) is 14.4. The lowest BCUT2D eigenvalue weighted by molar-refractivity contribution is -0.120. The van der Waals surface area contributed by atoms with E-state index >= 15 is 0 Å². The second-order valence-corrected chi connectivity index (χ2v) is 12.4. The van der Waals surface area contributed by atoms with Crippen LogP contribution in [-0.4, -0.2) is 14.3 Å². The number of carbonyl (C=O) groups is 1. The van der Waals surface area contributed by atoms with Gasteiger partial charge in [0, 0.05) is 21.1 Å². The monoisotopic (exact) mass is 584 g/mol. The summed E-state index contributed by atoms with van der Waals surface area (Å²) in [6, 6.07) is 28.9. The second kappa shape index (κ2) is 8.06. The van der Waals surface area contributed by atoms with Crippen LogP contribution >= 0.6 is 15.9 Å². The number of amides is 1. The number of hydrogen-bond acceptors (Lipinski definition) is 4. The first-order chi connectivity index (χ1) is 18.3. The molecular formula is C30H21BrN2O4S. The van der Waals surface area contributed by atoms with Gasteiger partial charge in [-0.1, -0.05) is 76.1 Å². The van der Waals surface area contributed by atoms with Crippen LogP contribution in [0.25, 0.3) is 11.0 Å². The predicted molar refractivity (Wildman–Crippen MR) is 150 cm³/mol. The zero-order chi connectivity index (χ0) is 26.2. The van der Waals surface area contributed by atoms with Gasteiger partial charge in [0.15, 0.2) is 5.54 Å². The Morgan fingerprint density at radius 3 is 2.45 bits per heavy atom. The molecule has 1 aromatic heterocycles. The van der Waals surface area contributed by atoms with E-state index in [1.165, 1.54) is 4.31 Å². The molecule has 1 spiro atoms. The molecule has 2 unspecified atom stereocenters. The van der Waals surface area contributed by atoms with E-state index in [0.717, 1.165) is 15.6 Å². The van der Waals surface area contributed by atoms with Crippen molar-refractivity contribution in [1.82, 2.24) is 0 Å². The third-order valence-electron chi connectivity index (χ3n) is 7.47. The lowest BCUT2D eigenvalue weighted by atomic mass is 9.76. The molecule has 5 aromatic rings. The third-order valence-corrected chi connectivity index (χ3v) is 9.78. The molecule has 0 fully saturated rings. The number of carbonyl (C=O) groups excluding carboxylic acids is 1. The van der Waals surface area contributed by atoms with Crippen LogP contribution < -0.4 is 9.62 Å². The Balaban J connectivity index is 1.65. The zero-order valence-electron chi connectivity index (χ0n) is 20.2. The van der Waals surface area contributed by atoms with E-state index in [2.05, 4.69) is 21.2 Å². The van der Waals surface area contributed by atoms with Gasteiger partial charge in [-0.2, -0.15) is 0 Å². The Bertz CT molecular complexity index is 1880. The number of aryl methyl sites for hydroxylation is 1. The molecule has 8 heteroatoms. The van der Waals surface area contributed by atoms with E-state index in [0.29, 0.717) is 33.7 Å². The minimum absolute atomic E-state index is 0.103. The highest BCUT2D eigenvalue weighted by atomic mass is 79.9. The molecule has 0 saturated heterocycles. The Labute approximate surface area is 228 Å². The number of sulfonamides is 1. The normalized spacial score (nSPS) is 20.1. The minimum Gasteiger partial charge on any atom is -0.458 e. The largest absolute Gasteiger partial charge is 0.458 e. The summed E-state index contributed by atoms with van der Waals surface area (Å²) in [5, 5.41) is 3.61. The summed E-state index contributed by atoms with van der Waals surface area (Å²) in [5.41, 5.74) is 2.16. The van der Waals surface area contributed by atoms with E-state index in [9.17, 15) is 13.2 Å². The number of rotatable bonds is 3. The first kappa shape index (κ1) is 23.3. The van der Waals surface area contributed by atoms with Gasteiger partial charge in [-0.3, -0.25) is 4.79 Å². The fraction of sp³-hybridized carbons (Fsp3) is 0.100. The van der Waals surface area contributed by atoms with Gasteiger partial charge in [0.2, 0.25) is 0 Å². The van der Waals surface area contributed by atoms with Crippen LogP contribution in [0.1, 0.15) is 28.4 Å². The molecule has 0 bridgehead atoms. The number of nitrogens with zero attached hydrogens (tertiary/aromatic N) is 1. The van der Waals surface area contributed by atoms with Crippen LogP contribution in [-0.2, 0) is 20.4 Å². The molecule has 4 aromatic carbocycles. The van der Waals surface area contributed by atoms with Gasteiger partial charge in [0.1, 0.15) is 17.0 Å². The van der Waals surface area contributed by atoms with Gasteiger partial charge in [0.25, 0.3) is 15.9 Å². The van der Waals surface area contributed by atoms with E-state index in [4.69, 9.17) is 4.42 Å². The molecule has 0 aliphatic carbocycles. The molecule has 3 heterocycles. The smallest absolute Gasteiger partial charge is 0.265 e. The molecule has 7 rings (SSSR count). The van der Waals surface area contributed by atoms with Gasteiger partial charge < -0.3 is 9.73 Å². The first-order valence-corrected chi connectivity index (χ1v) is 14.4. The van der Waals surface area contributed by atoms with Crippen LogP contribution in [0.3, 0.4) is 0 Å². The van der Waals surface area contributed by atoms with Crippen molar-refractivity contribution in [2.75, 3.05) is 9.62 Å². The molecule has 1 amide bonds. The summed E-state index contributed by atoms with van der Waals surface area (Å²) in [6.45, 7) is 1.90. The predicted octanol–water partition coefficient (Wildman–Crippen LogP) is 6.69. The van der Waals surface area contributed by atoms with E-state index in [1.54, 1.807) is 30.3 Å². The second-order valence-electron chi connectivity index (χ2n) is 9.65. The van der Waals surface area contributed by atoms with Crippen molar-refractivity contribution < 1.29 is 17.6 Å². The first-order valence-electron chi connectivity index (χ1n) is 12.1. The fourth-order valence-corrected chi connectivity index (χ4v) is 8.10. The highest BCUT2D eigenvalue weighted by Crippen LogP contribution is 2.63. The van der Waals surface area contributed by atoms with Gasteiger partial charge in [-0.05, 0) is 55.0 Å². The minimum atomic E-state index is -4.25. The third kappa shape index (κ3) is 2.98. The summed E-state index contributed by atoms with van der Waals surface area (Å²) in [5.74, 6) is -0.729. The number of nitrogens with one attached hydrogen (secondary N) is 1. The van der Waals surface area contributed by atoms with Crippen molar-refractivity contribution in [2.45, 2.75) is 23.3 Å². The SMILES string of the molecule is Cc1ccc(S(=O)(=O)N2c3c(oc4ccccc34)C(c3cccc(Br)c3)C23C(=O)Nc2ccccc23)cc1. The number of hydrogen-bond donors (Lipinski definition) is 1. The standard InChI is InChI=1S/C30H21BrN2O4S/c1-18-13-15-21(16-14-18)38(35,36)33-27-22-9-2-5-12-25(22)37-28(27)26(19-7-6-8-20(31)17-19)30(33)23-10-3-4-11-24(23)32-29(30)34/h2-17,26H,1H3,(H,32,34). The number of benzene rings is 4. The Hall–Kier alpha value is -3.88. The van der Waals surface area contributed by atoms with E-state index in [-0.39, 0.29) is 4.90 Å². The number of para-hydroxylation sites is 2. The average Bonchev–Trinajstić information content (AvgIpc) is 3.51. The summed E-state index contributed by atoms with van der Waals surface area (Å²) >= 11 is 3.56. The Morgan fingerprint density at radius 1 is 0.921 bits per heavy atom. The van der Waals surface area contributed by atoms with E-state index < -0.39 is 27.4 Å². The molecule has 2 atom stereocenters. The average molecular weight is 585 g/mol. The maximum atomic E-state index is 14.7. The lowest BCUT2D eigenvalue weighted by Gasteiger charge is -2.38. The van der Waals surface area contributed by atoms with Crippen LogP contribution in [0, 0.1) is 6.92 Å². The quantitative estimate of drug-likeness (QED) is 0.256. The molecule has 0 saturated carbocycles. The maximum Gasteiger partial charge on any atom is 0.265 e. The zero-order valence-corrected chi connectivity index (χ0v) is 22.6. The maximum absolute atomic E-state index is 14.7. The molecule has 1 N–H and O–H groups in total. The van der Waals surface area contributed by atoms with Crippen molar-refractivity contribution in [2.24, 2.45) is 0 Å². The molecular weight excluding hydrogens is 564 g/mol. The van der Waals surface area contributed by atoms with Crippen LogP contribution in [0.2, 0.25) is 0 Å². The van der Waals surface area contributed by atoms with Gasteiger partial charge in [0.05, 0.1) is 10.8 Å². The van der Waals surface area contributed by atoms with Gasteiger partial charge in [-0.25, -0.2) is 12.7 Å². The van der Waals surface area contributed by atoms with Gasteiger partial charge >= 0.3 is 0 Å². The fourth-order valence-electron chi connectivity index (χ4n) is 5.90. The lowest BCUT2D eigenvalue weighted by Crippen LogP contribution is -2.54.